The number of ether oxygens (including phenoxy) is 1. The first-order valence-corrected chi connectivity index (χ1v) is 11.6. The van der Waals surface area contributed by atoms with E-state index >= 15 is 0 Å². The Morgan fingerprint density at radius 2 is 1.90 bits per heavy atom. The SMILES string of the molecule is CN=C(NC1CCN(C(C)c2ccccc2)CC1)NC1C2CCOC2C12CCC2. The lowest BCUT2D eigenvalue weighted by Crippen LogP contribution is -2.72. The van der Waals surface area contributed by atoms with Crippen LogP contribution in [0.4, 0.5) is 0 Å². The summed E-state index contributed by atoms with van der Waals surface area (Å²) in [7, 11) is 1.91. The summed E-state index contributed by atoms with van der Waals surface area (Å²) in [6.07, 6.45) is 8.05. The highest BCUT2D eigenvalue weighted by Gasteiger charge is 2.66. The van der Waals surface area contributed by atoms with Gasteiger partial charge in [-0.25, -0.2) is 0 Å². The average Bonchev–Trinajstić information content (AvgIpc) is 3.15. The van der Waals surface area contributed by atoms with E-state index in [2.05, 4.69) is 57.8 Å². The summed E-state index contributed by atoms with van der Waals surface area (Å²) in [4.78, 5) is 7.19. The Hall–Kier alpha value is -1.59. The van der Waals surface area contributed by atoms with E-state index in [4.69, 9.17) is 4.74 Å². The van der Waals surface area contributed by atoms with Gasteiger partial charge in [-0.1, -0.05) is 36.8 Å². The van der Waals surface area contributed by atoms with Gasteiger partial charge in [0.05, 0.1) is 6.10 Å². The number of benzene rings is 1. The summed E-state index contributed by atoms with van der Waals surface area (Å²) < 4.78 is 6.07. The summed E-state index contributed by atoms with van der Waals surface area (Å²) in [6, 6.07) is 12.4. The molecule has 4 atom stereocenters. The summed E-state index contributed by atoms with van der Waals surface area (Å²) in [5, 5.41) is 7.56. The molecule has 5 nitrogen and oxygen atoms in total. The van der Waals surface area contributed by atoms with Gasteiger partial charge in [0.1, 0.15) is 0 Å². The van der Waals surface area contributed by atoms with E-state index < -0.39 is 0 Å². The lowest BCUT2D eigenvalue weighted by molar-refractivity contribution is -0.171. The van der Waals surface area contributed by atoms with Crippen LogP contribution in [0.5, 0.6) is 0 Å². The molecular weight excluding hydrogens is 360 g/mol. The molecule has 1 aromatic rings. The van der Waals surface area contributed by atoms with Crippen molar-refractivity contribution < 1.29 is 4.74 Å². The third-order valence-corrected chi connectivity index (χ3v) is 8.25. The second kappa shape index (κ2) is 7.92. The third-order valence-electron chi connectivity index (χ3n) is 8.25. The predicted molar refractivity (Wildman–Crippen MR) is 117 cm³/mol. The second-order valence-corrected chi connectivity index (χ2v) is 9.57. The fourth-order valence-corrected chi connectivity index (χ4v) is 6.34. The lowest BCUT2D eigenvalue weighted by Gasteiger charge is -2.63. The van der Waals surface area contributed by atoms with Crippen LogP contribution in [0.3, 0.4) is 0 Å². The highest BCUT2D eigenvalue weighted by molar-refractivity contribution is 5.80. The molecule has 2 aliphatic heterocycles. The Morgan fingerprint density at radius 3 is 2.55 bits per heavy atom. The van der Waals surface area contributed by atoms with Gasteiger partial charge in [0, 0.05) is 56.2 Å². The van der Waals surface area contributed by atoms with Crippen molar-refractivity contribution in [1.82, 2.24) is 15.5 Å². The van der Waals surface area contributed by atoms with Gasteiger partial charge in [-0.2, -0.15) is 0 Å². The molecular formula is C24H36N4O. The molecule has 2 N–H and O–H groups in total. The average molecular weight is 397 g/mol. The molecule has 1 aromatic carbocycles. The largest absolute Gasteiger partial charge is 0.377 e. The maximum Gasteiger partial charge on any atom is 0.191 e. The van der Waals surface area contributed by atoms with Crippen molar-refractivity contribution in [1.29, 1.82) is 0 Å². The molecule has 0 radical (unpaired) electrons. The lowest BCUT2D eigenvalue weighted by atomic mass is 9.46. The quantitative estimate of drug-likeness (QED) is 0.605. The van der Waals surface area contributed by atoms with E-state index in [1.807, 2.05) is 7.05 Å². The Kier molecular flexibility index (Phi) is 5.29. The van der Waals surface area contributed by atoms with E-state index in [1.165, 1.54) is 44.1 Å². The maximum absolute atomic E-state index is 6.07. The summed E-state index contributed by atoms with van der Waals surface area (Å²) >= 11 is 0. The standard InChI is InChI=1S/C24H36N4O/c1-17(18-7-4-3-5-8-18)28-14-9-19(10-15-28)26-23(25-2)27-21-20-11-16-29-22(20)24(21)12-6-13-24/h3-5,7-8,17,19-22H,6,9-16H2,1-2H3,(H2,25,26,27). The number of hydrogen-bond acceptors (Lipinski definition) is 3. The number of rotatable bonds is 4. The monoisotopic (exact) mass is 396 g/mol. The van der Waals surface area contributed by atoms with E-state index in [-0.39, 0.29) is 0 Å². The smallest absolute Gasteiger partial charge is 0.191 e. The maximum atomic E-state index is 6.07. The van der Waals surface area contributed by atoms with Crippen LogP contribution in [0.2, 0.25) is 0 Å². The molecule has 5 rings (SSSR count). The van der Waals surface area contributed by atoms with E-state index in [9.17, 15) is 0 Å². The van der Waals surface area contributed by atoms with Gasteiger partial charge in [-0.05, 0) is 44.6 Å². The van der Waals surface area contributed by atoms with Crippen LogP contribution in [0.15, 0.2) is 35.3 Å². The normalized spacial score (nSPS) is 32.9. The van der Waals surface area contributed by atoms with Crippen LogP contribution in [-0.4, -0.2) is 55.8 Å². The number of nitrogens with zero attached hydrogens (tertiary/aromatic N) is 2. The summed E-state index contributed by atoms with van der Waals surface area (Å²) in [6.45, 7) is 5.55. The first kappa shape index (κ1) is 19.4. The molecule has 2 saturated heterocycles. The molecule has 0 bridgehead atoms. The van der Waals surface area contributed by atoms with Gasteiger partial charge in [0.25, 0.3) is 0 Å². The molecule has 2 heterocycles. The highest BCUT2D eigenvalue weighted by Crippen LogP contribution is 2.62. The molecule has 0 aromatic heterocycles. The van der Waals surface area contributed by atoms with Gasteiger partial charge in [0.15, 0.2) is 5.96 Å². The van der Waals surface area contributed by atoms with Crippen LogP contribution in [0, 0.1) is 11.3 Å². The number of aliphatic imine (C=N–C) groups is 1. The zero-order valence-electron chi connectivity index (χ0n) is 17.9. The highest BCUT2D eigenvalue weighted by atomic mass is 16.5. The first-order valence-electron chi connectivity index (χ1n) is 11.6. The minimum absolute atomic E-state index is 0.396. The Balaban J connectivity index is 1.14. The fraction of sp³-hybridized carbons (Fsp3) is 0.708. The number of likely N-dealkylation sites (tertiary alicyclic amines) is 1. The van der Waals surface area contributed by atoms with Gasteiger partial charge >= 0.3 is 0 Å². The zero-order chi connectivity index (χ0) is 19.8. The Labute approximate surface area is 175 Å². The molecule has 158 valence electrons. The molecule has 4 unspecified atom stereocenters. The number of nitrogens with one attached hydrogen (secondary N) is 2. The van der Waals surface area contributed by atoms with E-state index in [1.54, 1.807) is 0 Å². The van der Waals surface area contributed by atoms with Crippen molar-refractivity contribution in [3.8, 4) is 0 Å². The third kappa shape index (κ3) is 3.36. The van der Waals surface area contributed by atoms with Gasteiger partial charge < -0.3 is 15.4 Å². The minimum atomic E-state index is 0.396. The van der Waals surface area contributed by atoms with Crippen molar-refractivity contribution in [2.45, 2.75) is 69.7 Å². The zero-order valence-corrected chi connectivity index (χ0v) is 17.9. The minimum Gasteiger partial charge on any atom is -0.377 e. The van der Waals surface area contributed by atoms with Crippen molar-refractivity contribution in [3.05, 3.63) is 35.9 Å². The van der Waals surface area contributed by atoms with Crippen LogP contribution >= 0.6 is 0 Å². The van der Waals surface area contributed by atoms with Crippen LogP contribution in [0.25, 0.3) is 0 Å². The molecule has 29 heavy (non-hydrogen) atoms. The molecule has 2 aliphatic carbocycles. The summed E-state index contributed by atoms with van der Waals surface area (Å²) in [5.41, 5.74) is 1.81. The Bertz CT molecular complexity index is 724. The van der Waals surface area contributed by atoms with Crippen molar-refractivity contribution in [3.63, 3.8) is 0 Å². The van der Waals surface area contributed by atoms with Crippen LogP contribution < -0.4 is 10.6 Å². The van der Waals surface area contributed by atoms with Crippen molar-refractivity contribution in [2.75, 3.05) is 26.7 Å². The van der Waals surface area contributed by atoms with E-state index in [0.717, 1.165) is 25.7 Å². The van der Waals surface area contributed by atoms with Crippen molar-refractivity contribution >= 4 is 5.96 Å². The van der Waals surface area contributed by atoms with Gasteiger partial charge in [-0.15, -0.1) is 0 Å². The molecule has 4 aliphatic rings. The summed E-state index contributed by atoms with van der Waals surface area (Å²) in [5.74, 6) is 1.68. The number of piperidine rings is 1. The van der Waals surface area contributed by atoms with Crippen LogP contribution in [-0.2, 0) is 4.74 Å². The second-order valence-electron chi connectivity index (χ2n) is 9.57. The van der Waals surface area contributed by atoms with Crippen molar-refractivity contribution in [2.24, 2.45) is 16.3 Å². The number of fused-ring (bicyclic) bond motifs is 2. The molecule has 2 saturated carbocycles. The molecule has 1 spiro atoms. The van der Waals surface area contributed by atoms with Gasteiger partial charge in [-0.3, -0.25) is 9.89 Å². The Morgan fingerprint density at radius 1 is 1.14 bits per heavy atom. The van der Waals surface area contributed by atoms with E-state index in [0.29, 0.717) is 35.6 Å². The topological polar surface area (TPSA) is 48.9 Å². The van der Waals surface area contributed by atoms with Gasteiger partial charge in [0.2, 0.25) is 0 Å². The van der Waals surface area contributed by atoms with Crippen LogP contribution in [0.1, 0.15) is 57.1 Å². The molecule has 0 amide bonds. The number of hydrogen-bond donors (Lipinski definition) is 2. The molecule has 4 fully saturated rings. The fourth-order valence-electron chi connectivity index (χ4n) is 6.34. The number of guanidine groups is 1. The first-order chi connectivity index (χ1) is 14.2. The molecule has 5 heteroatoms. The predicted octanol–water partition coefficient (Wildman–Crippen LogP) is 3.33.